The molecule has 0 bridgehead atoms. The molecule has 3 N–H and O–H groups in total. The van der Waals surface area contributed by atoms with E-state index in [2.05, 4.69) is 0 Å². The van der Waals surface area contributed by atoms with Gasteiger partial charge in [-0.2, -0.15) is 13.2 Å². The number of benzene rings is 1. The van der Waals surface area contributed by atoms with Crippen molar-refractivity contribution < 1.29 is 23.1 Å². The van der Waals surface area contributed by atoms with Crippen LogP contribution in [0.15, 0.2) is 18.2 Å². The first kappa shape index (κ1) is 15.7. The lowest BCUT2D eigenvalue weighted by Gasteiger charge is -2.23. The Kier molecular flexibility index (Phi) is 4.16. The topological polar surface area (TPSA) is 63.3 Å². The standard InChI is InChI=1S/C15H18F3NO2/c1-8-5-6-9(7-8)12(14(20)21)10-3-2-4-11(13(10)19)15(16,17)18/h2-4,8-9,12H,5-7,19H2,1H3,(H,20,21). The van der Waals surface area contributed by atoms with Crippen LogP contribution in [0.1, 0.15) is 43.2 Å². The summed E-state index contributed by atoms with van der Waals surface area (Å²) in [4.78, 5) is 11.6. The van der Waals surface area contributed by atoms with Crippen molar-refractivity contribution in [2.75, 3.05) is 5.73 Å². The van der Waals surface area contributed by atoms with Crippen LogP contribution in [0.25, 0.3) is 0 Å². The maximum Gasteiger partial charge on any atom is 0.418 e. The summed E-state index contributed by atoms with van der Waals surface area (Å²) >= 11 is 0. The molecule has 3 nitrogen and oxygen atoms in total. The van der Waals surface area contributed by atoms with E-state index in [1.165, 1.54) is 12.1 Å². The van der Waals surface area contributed by atoms with E-state index >= 15 is 0 Å². The Morgan fingerprint density at radius 1 is 1.38 bits per heavy atom. The van der Waals surface area contributed by atoms with Crippen LogP contribution in [0.3, 0.4) is 0 Å². The van der Waals surface area contributed by atoms with E-state index in [1.54, 1.807) is 0 Å². The summed E-state index contributed by atoms with van der Waals surface area (Å²) in [5, 5.41) is 9.45. The fourth-order valence-electron chi connectivity index (χ4n) is 3.24. The van der Waals surface area contributed by atoms with Gasteiger partial charge in [0.1, 0.15) is 0 Å². The number of anilines is 1. The van der Waals surface area contributed by atoms with Crippen LogP contribution in [-0.2, 0) is 11.0 Å². The van der Waals surface area contributed by atoms with Crippen LogP contribution >= 0.6 is 0 Å². The molecule has 2 rings (SSSR count). The number of nitrogens with two attached hydrogens (primary N) is 1. The SMILES string of the molecule is CC1CCC(C(C(=O)O)c2cccc(C(F)(F)F)c2N)C1. The summed E-state index contributed by atoms with van der Waals surface area (Å²) in [6.07, 6.45) is -2.28. The quantitative estimate of drug-likeness (QED) is 0.832. The molecule has 0 saturated heterocycles. The van der Waals surface area contributed by atoms with Crippen LogP contribution in [0, 0.1) is 11.8 Å². The second-order valence-corrected chi connectivity index (χ2v) is 5.80. The fourth-order valence-corrected chi connectivity index (χ4v) is 3.24. The number of hydrogen-bond acceptors (Lipinski definition) is 2. The first-order valence-corrected chi connectivity index (χ1v) is 6.90. The van der Waals surface area contributed by atoms with Crippen molar-refractivity contribution in [2.45, 2.75) is 38.3 Å². The van der Waals surface area contributed by atoms with Crippen molar-refractivity contribution in [1.29, 1.82) is 0 Å². The Bertz CT molecular complexity index is 542. The number of carbonyl (C=O) groups is 1. The third-order valence-electron chi connectivity index (χ3n) is 4.25. The summed E-state index contributed by atoms with van der Waals surface area (Å²) in [5.74, 6) is -1.86. The molecule has 1 aliphatic carbocycles. The zero-order valence-corrected chi connectivity index (χ0v) is 11.7. The third kappa shape index (κ3) is 3.14. The molecule has 1 fully saturated rings. The molecule has 0 spiro atoms. The Balaban J connectivity index is 2.44. The summed E-state index contributed by atoms with van der Waals surface area (Å²) in [7, 11) is 0. The van der Waals surface area contributed by atoms with Gasteiger partial charge in [-0.15, -0.1) is 0 Å². The predicted molar refractivity (Wildman–Crippen MR) is 72.7 cm³/mol. The van der Waals surface area contributed by atoms with Gasteiger partial charge in [-0.05, 0) is 36.3 Å². The van der Waals surface area contributed by atoms with Gasteiger partial charge in [0, 0.05) is 5.69 Å². The van der Waals surface area contributed by atoms with Crippen LogP contribution in [0.2, 0.25) is 0 Å². The third-order valence-corrected chi connectivity index (χ3v) is 4.25. The summed E-state index contributed by atoms with van der Waals surface area (Å²) in [5.41, 5.74) is 4.29. The van der Waals surface area contributed by atoms with E-state index in [0.29, 0.717) is 18.8 Å². The minimum Gasteiger partial charge on any atom is -0.481 e. The van der Waals surface area contributed by atoms with Gasteiger partial charge in [0.15, 0.2) is 0 Å². The monoisotopic (exact) mass is 301 g/mol. The summed E-state index contributed by atoms with van der Waals surface area (Å²) in [6.45, 7) is 2.02. The molecule has 116 valence electrons. The Morgan fingerprint density at radius 3 is 2.52 bits per heavy atom. The van der Waals surface area contributed by atoms with Gasteiger partial charge in [0.05, 0.1) is 11.5 Å². The Morgan fingerprint density at radius 2 is 2.05 bits per heavy atom. The molecule has 0 aliphatic heterocycles. The zero-order valence-electron chi connectivity index (χ0n) is 11.7. The van der Waals surface area contributed by atoms with E-state index < -0.39 is 29.3 Å². The largest absolute Gasteiger partial charge is 0.481 e. The molecule has 0 aromatic heterocycles. The van der Waals surface area contributed by atoms with Gasteiger partial charge < -0.3 is 10.8 Å². The van der Waals surface area contributed by atoms with E-state index in [4.69, 9.17) is 5.73 Å². The number of halogens is 3. The molecule has 0 amide bonds. The number of nitrogen functional groups attached to an aromatic ring is 1. The van der Waals surface area contributed by atoms with E-state index in [0.717, 1.165) is 12.5 Å². The zero-order chi connectivity index (χ0) is 15.8. The van der Waals surface area contributed by atoms with Crippen LogP contribution in [0.5, 0.6) is 0 Å². The van der Waals surface area contributed by atoms with Gasteiger partial charge in [-0.1, -0.05) is 25.5 Å². The highest BCUT2D eigenvalue weighted by molar-refractivity contribution is 5.79. The number of carboxylic acid groups (broad SMARTS) is 1. The second-order valence-electron chi connectivity index (χ2n) is 5.80. The normalized spacial score (nSPS) is 24.0. The molecule has 3 atom stereocenters. The van der Waals surface area contributed by atoms with Crippen molar-refractivity contribution in [1.82, 2.24) is 0 Å². The van der Waals surface area contributed by atoms with Crippen molar-refractivity contribution in [3.05, 3.63) is 29.3 Å². The number of rotatable bonds is 3. The number of aliphatic carboxylic acids is 1. The summed E-state index contributed by atoms with van der Waals surface area (Å²) in [6, 6.07) is 3.50. The molecular weight excluding hydrogens is 283 g/mol. The number of carboxylic acids is 1. The molecule has 0 radical (unpaired) electrons. The lowest BCUT2D eigenvalue weighted by Crippen LogP contribution is -2.22. The average molecular weight is 301 g/mol. The second kappa shape index (κ2) is 5.58. The van der Waals surface area contributed by atoms with Crippen molar-refractivity contribution in [2.24, 2.45) is 11.8 Å². The lowest BCUT2D eigenvalue weighted by atomic mass is 9.83. The predicted octanol–water partition coefficient (Wildman–Crippen LogP) is 3.89. The van der Waals surface area contributed by atoms with E-state index in [9.17, 15) is 23.1 Å². The van der Waals surface area contributed by atoms with E-state index in [-0.39, 0.29) is 11.5 Å². The molecule has 3 unspecified atom stereocenters. The summed E-state index contributed by atoms with van der Waals surface area (Å²) < 4.78 is 38.7. The van der Waals surface area contributed by atoms with E-state index in [1.807, 2.05) is 6.92 Å². The molecule has 1 aliphatic rings. The molecule has 21 heavy (non-hydrogen) atoms. The number of alkyl halides is 3. The van der Waals surface area contributed by atoms with Gasteiger partial charge in [0.2, 0.25) is 0 Å². The van der Waals surface area contributed by atoms with Gasteiger partial charge >= 0.3 is 12.1 Å². The molecule has 0 heterocycles. The van der Waals surface area contributed by atoms with Crippen LogP contribution < -0.4 is 5.73 Å². The van der Waals surface area contributed by atoms with Crippen molar-refractivity contribution in [3.63, 3.8) is 0 Å². The fraction of sp³-hybridized carbons (Fsp3) is 0.533. The maximum absolute atomic E-state index is 12.9. The Labute approximate surface area is 121 Å². The molecule has 1 aromatic rings. The maximum atomic E-state index is 12.9. The van der Waals surface area contributed by atoms with Crippen LogP contribution in [0.4, 0.5) is 18.9 Å². The highest BCUT2D eigenvalue weighted by Gasteiger charge is 2.39. The molecular formula is C15H18F3NO2. The molecule has 1 aromatic carbocycles. The van der Waals surface area contributed by atoms with Gasteiger partial charge in [0.25, 0.3) is 0 Å². The van der Waals surface area contributed by atoms with Crippen molar-refractivity contribution >= 4 is 11.7 Å². The highest BCUT2D eigenvalue weighted by Crippen LogP contribution is 2.44. The number of para-hydroxylation sites is 1. The van der Waals surface area contributed by atoms with Crippen molar-refractivity contribution in [3.8, 4) is 0 Å². The van der Waals surface area contributed by atoms with Crippen LogP contribution in [-0.4, -0.2) is 11.1 Å². The highest BCUT2D eigenvalue weighted by atomic mass is 19.4. The van der Waals surface area contributed by atoms with Gasteiger partial charge in [-0.25, -0.2) is 0 Å². The smallest absolute Gasteiger partial charge is 0.418 e. The first-order valence-electron chi connectivity index (χ1n) is 6.90. The number of hydrogen-bond donors (Lipinski definition) is 2. The minimum atomic E-state index is -4.58. The lowest BCUT2D eigenvalue weighted by molar-refractivity contribution is -0.141. The van der Waals surface area contributed by atoms with Gasteiger partial charge in [-0.3, -0.25) is 4.79 Å². The average Bonchev–Trinajstić information content (AvgIpc) is 2.76. The molecule has 1 saturated carbocycles. The first-order chi connectivity index (χ1) is 9.71. The molecule has 6 heteroatoms. The minimum absolute atomic E-state index is 0.0800. The Hall–Kier alpha value is -1.72.